The molecule has 18 heteroatoms. The van der Waals surface area contributed by atoms with E-state index in [1.807, 2.05) is 38.3 Å². The summed E-state index contributed by atoms with van der Waals surface area (Å²) in [6.45, 7) is 6.42. The number of hydrogen-bond acceptors (Lipinski definition) is 14. The first-order valence-electron chi connectivity index (χ1n) is 18.0. The highest BCUT2D eigenvalue weighted by atomic mass is 127. The number of sulfonamides is 1. The van der Waals surface area contributed by atoms with Gasteiger partial charge in [0.1, 0.15) is 31.2 Å². The van der Waals surface area contributed by atoms with Gasteiger partial charge in [-0.05, 0) is 55.5 Å². The quantitative estimate of drug-likeness (QED) is 0.0749. The number of nitrogens with one attached hydrogen (secondary N) is 1. The summed E-state index contributed by atoms with van der Waals surface area (Å²) in [5.41, 5.74) is 1.58. The second kappa shape index (κ2) is 19.3. The topological polar surface area (TPSA) is 170 Å². The van der Waals surface area contributed by atoms with Crippen LogP contribution in [0.15, 0.2) is 52.7 Å². The summed E-state index contributed by atoms with van der Waals surface area (Å²) in [5.74, 6) is 0.420. The van der Waals surface area contributed by atoms with Gasteiger partial charge in [-0.1, -0.05) is 48.6 Å². The Bertz CT molecular complexity index is 1860. The number of aryl methyl sites for hydroxylation is 1. The van der Waals surface area contributed by atoms with E-state index in [9.17, 15) is 18.0 Å². The molecule has 3 aromatic rings. The molecule has 0 unspecified atom stereocenters. The third-order valence-corrected chi connectivity index (χ3v) is 12.2. The number of rotatable bonds is 19. The maximum atomic E-state index is 14.3. The first kappa shape index (κ1) is 41.4. The van der Waals surface area contributed by atoms with Crippen molar-refractivity contribution in [3.8, 4) is 17.2 Å². The third kappa shape index (κ3) is 11.2. The number of carbonyl (C=O) groups is 2. The zero-order chi connectivity index (χ0) is 39.0. The van der Waals surface area contributed by atoms with Crippen LogP contribution >= 0.6 is 33.9 Å². The molecule has 2 saturated heterocycles. The van der Waals surface area contributed by atoms with Crippen LogP contribution in [-0.4, -0.2) is 105 Å². The van der Waals surface area contributed by atoms with Crippen molar-refractivity contribution in [1.82, 2.24) is 14.6 Å². The number of nitrogens with zero attached hydrogens (tertiary/aromatic N) is 2. The highest BCUT2D eigenvalue weighted by Gasteiger charge is 2.44. The van der Waals surface area contributed by atoms with Crippen LogP contribution in [0.4, 0.5) is 4.79 Å². The number of esters is 1. The molecular formula is C37H46IN3O12S2. The van der Waals surface area contributed by atoms with E-state index < -0.39 is 46.6 Å². The summed E-state index contributed by atoms with van der Waals surface area (Å²) < 4.78 is 76.1. The molecule has 3 aliphatic rings. The van der Waals surface area contributed by atoms with Crippen molar-refractivity contribution >= 4 is 56.0 Å². The molecule has 55 heavy (non-hydrogen) atoms. The predicted octanol–water partition coefficient (Wildman–Crippen LogP) is 4.87. The molecule has 0 saturated carbocycles. The van der Waals surface area contributed by atoms with Crippen LogP contribution in [0.1, 0.15) is 36.5 Å². The van der Waals surface area contributed by atoms with E-state index in [1.54, 1.807) is 29.5 Å². The Morgan fingerprint density at radius 2 is 1.89 bits per heavy atom. The van der Waals surface area contributed by atoms with Crippen molar-refractivity contribution in [1.29, 1.82) is 0 Å². The largest absolute Gasteiger partial charge is 0.487 e. The molecule has 5 atom stereocenters. The lowest BCUT2D eigenvalue weighted by atomic mass is 10.0. The van der Waals surface area contributed by atoms with Crippen molar-refractivity contribution in [3.05, 3.63) is 64.1 Å². The number of benzene rings is 2. The molecule has 0 spiro atoms. The van der Waals surface area contributed by atoms with Gasteiger partial charge in [0.25, 0.3) is 0 Å². The maximum Gasteiger partial charge on any atom is 0.407 e. The Labute approximate surface area is 338 Å². The van der Waals surface area contributed by atoms with Gasteiger partial charge in [0.15, 0.2) is 17.8 Å². The van der Waals surface area contributed by atoms with Crippen molar-refractivity contribution < 1.29 is 55.9 Å². The van der Waals surface area contributed by atoms with Gasteiger partial charge in [-0.15, -0.1) is 11.3 Å². The number of amides is 1. The van der Waals surface area contributed by atoms with Gasteiger partial charge in [-0.3, -0.25) is 0 Å². The summed E-state index contributed by atoms with van der Waals surface area (Å²) >= 11 is 3.68. The fourth-order valence-corrected chi connectivity index (χ4v) is 9.02. The van der Waals surface area contributed by atoms with Gasteiger partial charge >= 0.3 is 12.1 Å². The highest BCUT2D eigenvalue weighted by molar-refractivity contribution is 14.1. The van der Waals surface area contributed by atoms with E-state index in [4.69, 9.17) is 37.9 Å². The van der Waals surface area contributed by atoms with Gasteiger partial charge < -0.3 is 43.2 Å². The summed E-state index contributed by atoms with van der Waals surface area (Å²) in [7, 11) is -4.19. The molecule has 1 N–H and O–H groups in total. The number of thiazole rings is 1. The summed E-state index contributed by atoms with van der Waals surface area (Å²) in [4.78, 5) is 31.4. The number of fused-ring (bicyclic) bond motifs is 2. The molecule has 1 amide bonds. The number of alkyl halides is 1. The van der Waals surface area contributed by atoms with Crippen LogP contribution in [0.25, 0.3) is 0 Å². The second-order valence-electron chi connectivity index (χ2n) is 13.7. The van der Waals surface area contributed by atoms with Crippen molar-refractivity contribution in [2.45, 2.75) is 69.7 Å². The number of alkyl carbamates (subject to hydrolysis) is 1. The van der Waals surface area contributed by atoms with Crippen LogP contribution in [0.2, 0.25) is 0 Å². The molecule has 4 heterocycles. The Morgan fingerprint density at radius 3 is 2.64 bits per heavy atom. The van der Waals surface area contributed by atoms with Crippen LogP contribution in [0.3, 0.4) is 0 Å². The van der Waals surface area contributed by atoms with E-state index in [2.05, 4.69) is 32.9 Å². The van der Waals surface area contributed by atoms with E-state index in [-0.39, 0.29) is 56.2 Å². The number of halogens is 1. The fraction of sp³-hybridized carbons (Fsp3) is 0.541. The van der Waals surface area contributed by atoms with Gasteiger partial charge in [-0.2, -0.15) is 4.31 Å². The zero-order valence-corrected chi connectivity index (χ0v) is 34.6. The third-order valence-electron chi connectivity index (χ3n) is 9.09. The molecule has 1 aromatic heterocycles. The molecule has 2 fully saturated rings. The van der Waals surface area contributed by atoms with Crippen molar-refractivity contribution in [3.63, 3.8) is 0 Å². The molecule has 3 aliphatic heterocycles. The lowest BCUT2D eigenvalue weighted by molar-refractivity contribution is -0.156. The van der Waals surface area contributed by atoms with Crippen LogP contribution in [0.5, 0.6) is 17.2 Å². The minimum Gasteiger partial charge on any atom is -0.487 e. The number of aromatic nitrogens is 1. The van der Waals surface area contributed by atoms with E-state index in [0.717, 1.165) is 16.3 Å². The standard InChI is InChI=1S/C37H46IN3O12S2/c1-23(2)16-41(55(44,45)28-8-9-31-32(15-28)51-22-50-31)17-33(52-35(42)20-46-13-11-38)30(40-37(43)53-34-19-49-36-29(34)10-12-47-36)14-25-4-6-27(7-5-25)48-18-26-21-54-24(3)39-26/h4-9,15,21,23,29-30,33-34,36H,10-14,16-20,22H2,1-3H3,(H,40,43)/t29-,30-,33+,34-,36+/m0/s1. The molecule has 0 aliphatic carbocycles. The second-order valence-corrected chi connectivity index (χ2v) is 17.8. The summed E-state index contributed by atoms with van der Waals surface area (Å²) in [5, 5.41) is 5.81. The van der Waals surface area contributed by atoms with Gasteiger partial charge in [0, 0.05) is 22.4 Å². The minimum atomic E-state index is -4.19. The Hall–Kier alpha value is -3.27. The molecular weight excluding hydrogens is 869 g/mol. The molecule has 0 radical (unpaired) electrons. The Balaban J connectivity index is 1.28. The highest BCUT2D eigenvalue weighted by Crippen LogP contribution is 2.35. The zero-order valence-electron chi connectivity index (χ0n) is 30.8. The smallest absolute Gasteiger partial charge is 0.407 e. The lowest BCUT2D eigenvalue weighted by Crippen LogP contribution is -2.53. The molecule has 300 valence electrons. The number of ether oxygens (including phenoxy) is 8. The summed E-state index contributed by atoms with van der Waals surface area (Å²) in [6.07, 6.45) is -2.10. The molecule has 6 rings (SSSR count). The number of carbonyl (C=O) groups excluding carboxylic acids is 2. The SMILES string of the molecule is Cc1nc(COc2ccc(C[C@H](NC(=O)O[C@H]3CO[C@H]4OCC[C@H]43)[C@@H](CN(CC(C)C)S(=O)(=O)c3ccc4c(c3)OCO4)OC(=O)COCCI)cc2)cs1. The van der Waals surface area contributed by atoms with Crippen LogP contribution < -0.4 is 19.5 Å². The van der Waals surface area contributed by atoms with Gasteiger partial charge in [0.05, 0.1) is 53.9 Å². The van der Waals surface area contributed by atoms with Crippen LogP contribution in [0, 0.1) is 18.8 Å². The fourth-order valence-electron chi connectivity index (χ4n) is 6.48. The number of hydrogen-bond donors (Lipinski definition) is 1. The first-order chi connectivity index (χ1) is 26.5. The van der Waals surface area contributed by atoms with Crippen molar-refractivity contribution in [2.24, 2.45) is 11.8 Å². The minimum absolute atomic E-state index is 0.0182. The van der Waals surface area contributed by atoms with Gasteiger partial charge in [0.2, 0.25) is 16.8 Å². The summed E-state index contributed by atoms with van der Waals surface area (Å²) in [6, 6.07) is 10.7. The van der Waals surface area contributed by atoms with Crippen LogP contribution in [-0.2, 0) is 51.5 Å². The molecule has 0 bridgehead atoms. The Morgan fingerprint density at radius 1 is 1.09 bits per heavy atom. The van der Waals surface area contributed by atoms with E-state index in [0.29, 0.717) is 47.9 Å². The molecule has 2 aromatic carbocycles. The predicted molar refractivity (Wildman–Crippen MR) is 208 cm³/mol. The van der Waals surface area contributed by atoms with E-state index >= 15 is 0 Å². The maximum absolute atomic E-state index is 14.3. The van der Waals surface area contributed by atoms with Crippen molar-refractivity contribution in [2.75, 3.05) is 50.7 Å². The average Bonchev–Trinajstić information content (AvgIpc) is 3.97. The van der Waals surface area contributed by atoms with E-state index in [1.165, 1.54) is 16.4 Å². The lowest BCUT2D eigenvalue weighted by Gasteiger charge is -2.33. The Kier molecular flexibility index (Phi) is 14.5. The average molecular weight is 916 g/mol. The van der Waals surface area contributed by atoms with Gasteiger partial charge in [-0.25, -0.2) is 23.0 Å². The monoisotopic (exact) mass is 915 g/mol. The normalized spacial score (nSPS) is 20.0. The molecule has 15 nitrogen and oxygen atoms in total. The first-order valence-corrected chi connectivity index (χ1v) is 21.9.